The molecule has 1 unspecified atom stereocenters. The van der Waals surface area contributed by atoms with Crippen molar-refractivity contribution in [2.75, 3.05) is 16.8 Å². The molecule has 1 aliphatic carbocycles. The van der Waals surface area contributed by atoms with Gasteiger partial charge in [0.2, 0.25) is 5.91 Å². The van der Waals surface area contributed by atoms with Gasteiger partial charge in [-0.25, -0.2) is 4.79 Å². The molecule has 0 bridgehead atoms. The molecule has 0 spiro atoms. The van der Waals surface area contributed by atoms with E-state index in [9.17, 15) is 14.7 Å². The molecule has 5 nitrogen and oxygen atoms in total. The second-order valence-electron chi connectivity index (χ2n) is 4.81. The summed E-state index contributed by atoms with van der Waals surface area (Å²) in [5, 5.41) is 12.1. The average molecular weight is 246 g/mol. The van der Waals surface area contributed by atoms with Crippen molar-refractivity contribution in [2.24, 2.45) is 5.92 Å². The molecule has 2 N–H and O–H groups in total. The van der Waals surface area contributed by atoms with Gasteiger partial charge in [-0.2, -0.15) is 0 Å². The Kier molecular flexibility index (Phi) is 2.47. The van der Waals surface area contributed by atoms with Gasteiger partial charge in [0.05, 0.1) is 17.9 Å². The fraction of sp³-hybridized carbons (Fsp3) is 0.385. The first-order valence-corrected chi connectivity index (χ1v) is 6.05. The summed E-state index contributed by atoms with van der Waals surface area (Å²) in [7, 11) is 0. The molecule has 1 amide bonds. The number of para-hydroxylation sites is 2. The predicted octanol–water partition coefficient (Wildman–Crippen LogP) is 1.31. The number of aliphatic carboxylic acids is 1. The summed E-state index contributed by atoms with van der Waals surface area (Å²) in [6.45, 7) is 0.116. The monoisotopic (exact) mass is 246 g/mol. The van der Waals surface area contributed by atoms with Crippen molar-refractivity contribution in [3.05, 3.63) is 24.3 Å². The molecule has 0 saturated heterocycles. The number of fused-ring (bicyclic) bond motifs is 1. The van der Waals surface area contributed by atoms with Crippen LogP contribution in [0.1, 0.15) is 12.8 Å². The molecule has 0 aromatic heterocycles. The molecule has 5 heteroatoms. The molecule has 0 radical (unpaired) electrons. The Balaban J connectivity index is 2.00. The standard InChI is InChI=1S/C13H14N2O3/c16-11-7-15(12(13(17)18)8-5-6-8)10-4-2-1-3-9(10)14-11/h1-4,8,12H,5-7H2,(H,14,16)(H,17,18). The highest BCUT2D eigenvalue weighted by atomic mass is 16.4. The summed E-state index contributed by atoms with van der Waals surface area (Å²) in [4.78, 5) is 24.8. The summed E-state index contributed by atoms with van der Waals surface area (Å²) in [6, 6.07) is 6.75. The van der Waals surface area contributed by atoms with Gasteiger partial charge in [0, 0.05) is 0 Å². The van der Waals surface area contributed by atoms with Crippen LogP contribution in [0.2, 0.25) is 0 Å². The van der Waals surface area contributed by atoms with E-state index in [4.69, 9.17) is 0 Å². The van der Waals surface area contributed by atoms with Gasteiger partial charge >= 0.3 is 5.97 Å². The molecular weight excluding hydrogens is 232 g/mol. The van der Waals surface area contributed by atoms with Crippen LogP contribution in [0.4, 0.5) is 11.4 Å². The number of carbonyl (C=O) groups excluding carboxylic acids is 1. The molecule has 94 valence electrons. The first-order valence-electron chi connectivity index (χ1n) is 6.05. The maximum absolute atomic E-state index is 11.7. The van der Waals surface area contributed by atoms with Crippen molar-refractivity contribution >= 4 is 23.3 Å². The second kappa shape index (κ2) is 4.01. The Labute approximate surface area is 104 Å². The van der Waals surface area contributed by atoms with Crippen molar-refractivity contribution in [3.63, 3.8) is 0 Å². The van der Waals surface area contributed by atoms with Gasteiger partial charge in [0.15, 0.2) is 0 Å². The van der Waals surface area contributed by atoms with Crippen LogP contribution < -0.4 is 10.2 Å². The van der Waals surface area contributed by atoms with Crippen LogP contribution in [0.3, 0.4) is 0 Å². The first kappa shape index (κ1) is 11.1. The minimum absolute atomic E-state index is 0.116. The Morgan fingerprint density at radius 1 is 1.39 bits per heavy atom. The summed E-state index contributed by atoms with van der Waals surface area (Å²) < 4.78 is 0. The van der Waals surface area contributed by atoms with Gasteiger partial charge in [-0.15, -0.1) is 0 Å². The lowest BCUT2D eigenvalue weighted by atomic mass is 10.1. The molecule has 1 atom stereocenters. The lowest BCUT2D eigenvalue weighted by molar-refractivity contribution is -0.139. The van der Waals surface area contributed by atoms with Crippen molar-refractivity contribution in [1.82, 2.24) is 0 Å². The summed E-state index contributed by atoms with van der Waals surface area (Å²) in [5.41, 5.74) is 1.50. The number of hydrogen-bond donors (Lipinski definition) is 2. The number of benzene rings is 1. The van der Waals surface area contributed by atoms with E-state index >= 15 is 0 Å². The third-order valence-electron chi connectivity index (χ3n) is 3.46. The largest absolute Gasteiger partial charge is 0.480 e. The van der Waals surface area contributed by atoms with Gasteiger partial charge in [-0.3, -0.25) is 4.79 Å². The van der Waals surface area contributed by atoms with Crippen LogP contribution in [0.5, 0.6) is 0 Å². The first-order chi connectivity index (χ1) is 8.66. The summed E-state index contributed by atoms with van der Waals surface area (Å²) in [6.07, 6.45) is 1.86. The molecule has 2 aliphatic rings. The van der Waals surface area contributed by atoms with E-state index in [1.165, 1.54) is 0 Å². The van der Waals surface area contributed by atoms with E-state index in [2.05, 4.69) is 5.32 Å². The Morgan fingerprint density at radius 3 is 2.78 bits per heavy atom. The minimum atomic E-state index is -0.845. The molecule has 1 aromatic rings. The van der Waals surface area contributed by atoms with Gasteiger partial charge in [-0.05, 0) is 30.9 Å². The zero-order valence-corrected chi connectivity index (χ0v) is 9.80. The smallest absolute Gasteiger partial charge is 0.326 e. The summed E-state index contributed by atoms with van der Waals surface area (Å²) >= 11 is 0. The fourth-order valence-corrected chi connectivity index (χ4v) is 2.51. The number of anilines is 2. The van der Waals surface area contributed by atoms with Crippen LogP contribution in [0.25, 0.3) is 0 Å². The van der Waals surface area contributed by atoms with Crippen LogP contribution in [-0.2, 0) is 9.59 Å². The Morgan fingerprint density at radius 2 is 2.11 bits per heavy atom. The quantitative estimate of drug-likeness (QED) is 0.843. The second-order valence-corrected chi connectivity index (χ2v) is 4.81. The number of carbonyl (C=O) groups is 2. The van der Waals surface area contributed by atoms with E-state index in [1.807, 2.05) is 18.2 Å². The highest BCUT2D eigenvalue weighted by Crippen LogP contribution is 2.40. The molecule has 1 fully saturated rings. The predicted molar refractivity (Wildman–Crippen MR) is 66.6 cm³/mol. The zero-order valence-electron chi connectivity index (χ0n) is 9.80. The minimum Gasteiger partial charge on any atom is -0.480 e. The highest BCUT2D eigenvalue weighted by Gasteiger charge is 2.42. The molecule has 1 aromatic carbocycles. The number of nitrogens with zero attached hydrogens (tertiary/aromatic N) is 1. The molecule has 18 heavy (non-hydrogen) atoms. The third kappa shape index (κ3) is 1.81. The number of carboxylic acid groups (broad SMARTS) is 1. The topological polar surface area (TPSA) is 69.6 Å². The third-order valence-corrected chi connectivity index (χ3v) is 3.46. The molecule has 1 heterocycles. The van der Waals surface area contributed by atoms with Gasteiger partial charge in [-0.1, -0.05) is 12.1 Å². The maximum Gasteiger partial charge on any atom is 0.326 e. The fourth-order valence-electron chi connectivity index (χ4n) is 2.51. The number of carboxylic acids is 1. The molecule has 1 saturated carbocycles. The van der Waals surface area contributed by atoms with Crippen molar-refractivity contribution < 1.29 is 14.7 Å². The SMILES string of the molecule is O=C1CN(C(C(=O)O)C2CC2)c2ccccc2N1. The Bertz CT molecular complexity index is 511. The number of amides is 1. The van der Waals surface area contributed by atoms with Gasteiger partial charge in [0.25, 0.3) is 0 Å². The molecular formula is C13H14N2O3. The van der Waals surface area contributed by atoms with Crippen LogP contribution >= 0.6 is 0 Å². The molecule has 3 rings (SSSR count). The van der Waals surface area contributed by atoms with Crippen molar-refractivity contribution in [1.29, 1.82) is 0 Å². The number of nitrogens with one attached hydrogen (secondary N) is 1. The van der Waals surface area contributed by atoms with Crippen molar-refractivity contribution in [2.45, 2.75) is 18.9 Å². The van der Waals surface area contributed by atoms with Crippen LogP contribution in [0, 0.1) is 5.92 Å². The summed E-state index contributed by atoms with van der Waals surface area (Å²) in [5.74, 6) is -0.830. The van der Waals surface area contributed by atoms with Gasteiger partial charge in [0.1, 0.15) is 6.04 Å². The molecule has 1 aliphatic heterocycles. The zero-order chi connectivity index (χ0) is 12.7. The number of rotatable bonds is 3. The van der Waals surface area contributed by atoms with Crippen LogP contribution in [0.15, 0.2) is 24.3 Å². The Hall–Kier alpha value is -2.04. The van der Waals surface area contributed by atoms with Crippen LogP contribution in [-0.4, -0.2) is 29.6 Å². The lowest BCUT2D eigenvalue weighted by Crippen LogP contribution is -2.49. The average Bonchev–Trinajstić information content (AvgIpc) is 3.13. The highest BCUT2D eigenvalue weighted by molar-refractivity contribution is 6.02. The maximum atomic E-state index is 11.7. The lowest BCUT2D eigenvalue weighted by Gasteiger charge is -2.35. The van der Waals surface area contributed by atoms with E-state index in [0.717, 1.165) is 18.5 Å². The van der Waals surface area contributed by atoms with Crippen molar-refractivity contribution in [3.8, 4) is 0 Å². The van der Waals surface area contributed by atoms with Gasteiger partial charge < -0.3 is 15.3 Å². The number of hydrogen-bond acceptors (Lipinski definition) is 3. The van der Waals surface area contributed by atoms with E-state index in [0.29, 0.717) is 5.69 Å². The van der Waals surface area contributed by atoms with E-state index in [-0.39, 0.29) is 18.4 Å². The van der Waals surface area contributed by atoms with E-state index < -0.39 is 12.0 Å². The normalized spacial score (nSPS) is 20.0. The van der Waals surface area contributed by atoms with E-state index in [1.54, 1.807) is 11.0 Å².